The molecular weight excluding hydrogens is 306 g/mol. The van der Waals surface area contributed by atoms with Crippen LogP contribution in [0, 0.1) is 6.92 Å². The molecule has 7 heteroatoms. The van der Waals surface area contributed by atoms with Crippen LogP contribution in [-0.4, -0.2) is 49.6 Å². The average molecular weight is 329 g/mol. The molecule has 0 heterocycles. The Kier molecular flexibility index (Phi) is 8.62. The summed E-state index contributed by atoms with van der Waals surface area (Å²) in [7, 11) is -0.0959. The van der Waals surface area contributed by atoms with Crippen molar-refractivity contribution >= 4 is 16.1 Å². The topological polar surface area (TPSA) is 94.9 Å². The van der Waals surface area contributed by atoms with Gasteiger partial charge in [0, 0.05) is 5.57 Å². The van der Waals surface area contributed by atoms with Crippen LogP contribution in [0.3, 0.4) is 0 Å². The minimum Gasteiger partial charge on any atom is -0.478 e. The molecule has 2 N–H and O–H groups in total. The normalized spacial score (nSPS) is 10.8. The summed E-state index contributed by atoms with van der Waals surface area (Å²) >= 11 is 0. The predicted octanol–water partition coefficient (Wildman–Crippen LogP) is 2.21. The van der Waals surface area contributed by atoms with Crippen LogP contribution in [0.15, 0.2) is 41.3 Å². The Labute approximate surface area is 131 Å². The molecule has 1 rings (SSSR count). The van der Waals surface area contributed by atoms with Gasteiger partial charge in [-0.25, -0.2) is 4.79 Å². The van der Waals surface area contributed by atoms with Crippen LogP contribution in [0.25, 0.3) is 0 Å². The summed E-state index contributed by atoms with van der Waals surface area (Å²) in [6.07, 6.45) is 1.44. The number of aliphatic carboxylic acids is 1. The Morgan fingerprint density at radius 3 is 2.09 bits per heavy atom. The van der Waals surface area contributed by atoms with Crippen LogP contribution in [0.2, 0.25) is 0 Å². The molecule has 0 saturated carbocycles. The van der Waals surface area contributed by atoms with Crippen LogP contribution in [0.5, 0.6) is 0 Å². The lowest BCUT2D eigenvalue weighted by atomic mass is 10.1. The lowest BCUT2D eigenvalue weighted by molar-refractivity contribution is -0.132. The second-order valence-electron chi connectivity index (χ2n) is 5.10. The third-order valence-corrected chi connectivity index (χ3v) is 3.57. The highest BCUT2D eigenvalue weighted by atomic mass is 32.2. The van der Waals surface area contributed by atoms with Crippen LogP contribution in [0.1, 0.15) is 18.4 Å². The molecule has 0 aliphatic heterocycles. The molecule has 1 aromatic rings. The summed E-state index contributed by atoms with van der Waals surface area (Å²) in [6.45, 7) is 6.18. The van der Waals surface area contributed by atoms with Gasteiger partial charge in [0.05, 0.1) is 4.90 Å². The Morgan fingerprint density at radius 2 is 1.73 bits per heavy atom. The van der Waals surface area contributed by atoms with Crippen molar-refractivity contribution in [2.45, 2.75) is 24.7 Å². The van der Waals surface area contributed by atoms with Gasteiger partial charge in [0.1, 0.15) is 0 Å². The summed E-state index contributed by atoms with van der Waals surface area (Å²) in [5, 5.41) is 8.43. The predicted molar refractivity (Wildman–Crippen MR) is 85.6 cm³/mol. The fourth-order valence-corrected chi connectivity index (χ4v) is 1.91. The van der Waals surface area contributed by atoms with Crippen molar-refractivity contribution < 1.29 is 22.9 Å². The first-order valence-electron chi connectivity index (χ1n) is 6.64. The number of aryl methyl sites for hydroxylation is 1. The maximum atomic E-state index is 10.5. The molecule has 0 bridgehead atoms. The van der Waals surface area contributed by atoms with Crippen molar-refractivity contribution in [2.75, 3.05) is 20.6 Å². The maximum absolute atomic E-state index is 10.5. The number of carboxylic acid groups (broad SMARTS) is 1. The van der Waals surface area contributed by atoms with Gasteiger partial charge in [0.2, 0.25) is 0 Å². The molecule has 0 aliphatic rings. The van der Waals surface area contributed by atoms with E-state index in [1.165, 1.54) is 12.1 Å². The SMILES string of the molecule is C=C(CCCN(C)C)C(=O)O.Cc1ccc(S(=O)(=O)O)cc1. The highest BCUT2D eigenvalue weighted by Gasteiger charge is 2.06. The summed E-state index contributed by atoms with van der Waals surface area (Å²) in [6, 6.07) is 5.99. The van der Waals surface area contributed by atoms with Gasteiger partial charge in [-0.1, -0.05) is 24.3 Å². The highest BCUT2D eigenvalue weighted by Crippen LogP contribution is 2.08. The van der Waals surface area contributed by atoms with Gasteiger partial charge in [0.15, 0.2) is 0 Å². The molecule has 0 atom stereocenters. The molecule has 0 amide bonds. The van der Waals surface area contributed by atoms with Gasteiger partial charge in [-0.3, -0.25) is 4.55 Å². The Morgan fingerprint density at radius 1 is 1.23 bits per heavy atom. The molecule has 6 nitrogen and oxygen atoms in total. The Bertz CT molecular complexity index is 591. The second-order valence-corrected chi connectivity index (χ2v) is 6.53. The number of carbonyl (C=O) groups is 1. The summed E-state index contributed by atoms with van der Waals surface area (Å²) in [4.78, 5) is 12.2. The maximum Gasteiger partial charge on any atom is 0.330 e. The van der Waals surface area contributed by atoms with E-state index in [-0.39, 0.29) is 4.90 Å². The average Bonchev–Trinajstić information content (AvgIpc) is 2.38. The van der Waals surface area contributed by atoms with Crippen molar-refractivity contribution in [1.82, 2.24) is 4.90 Å². The molecule has 1 aromatic carbocycles. The van der Waals surface area contributed by atoms with Gasteiger partial charge in [-0.15, -0.1) is 0 Å². The molecule has 0 aliphatic carbocycles. The zero-order chi connectivity index (χ0) is 17.3. The minimum absolute atomic E-state index is 0.0666. The van der Waals surface area contributed by atoms with Crippen LogP contribution in [-0.2, 0) is 14.9 Å². The zero-order valence-electron chi connectivity index (χ0n) is 13.1. The van der Waals surface area contributed by atoms with E-state index in [0.29, 0.717) is 12.0 Å². The lowest BCUT2D eigenvalue weighted by Crippen LogP contribution is -2.13. The number of rotatable bonds is 6. The van der Waals surface area contributed by atoms with E-state index in [1.54, 1.807) is 12.1 Å². The zero-order valence-corrected chi connectivity index (χ0v) is 13.9. The number of carboxylic acids is 1. The summed E-state index contributed by atoms with van der Waals surface area (Å²) in [5.41, 5.74) is 1.25. The lowest BCUT2D eigenvalue weighted by Gasteiger charge is -2.08. The number of benzene rings is 1. The molecule has 0 fully saturated rings. The third kappa shape index (κ3) is 9.28. The van der Waals surface area contributed by atoms with Crippen LogP contribution >= 0.6 is 0 Å². The van der Waals surface area contributed by atoms with Crippen molar-refractivity contribution in [2.24, 2.45) is 0 Å². The van der Waals surface area contributed by atoms with Gasteiger partial charge in [-0.2, -0.15) is 8.42 Å². The van der Waals surface area contributed by atoms with Gasteiger partial charge < -0.3 is 10.0 Å². The van der Waals surface area contributed by atoms with E-state index in [2.05, 4.69) is 6.58 Å². The first-order chi connectivity index (χ1) is 10.0. The number of hydrogen-bond donors (Lipinski definition) is 2. The third-order valence-electron chi connectivity index (χ3n) is 2.71. The Balaban J connectivity index is 0.000000401. The van der Waals surface area contributed by atoms with Gasteiger partial charge >= 0.3 is 5.97 Å². The molecule has 0 radical (unpaired) electrons. The minimum atomic E-state index is -4.02. The van der Waals surface area contributed by atoms with E-state index in [4.69, 9.17) is 9.66 Å². The first kappa shape index (κ1) is 20.3. The van der Waals surface area contributed by atoms with Crippen molar-refractivity contribution in [3.63, 3.8) is 0 Å². The van der Waals surface area contributed by atoms with E-state index in [9.17, 15) is 13.2 Å². The van der Waals surface area contributed by atoms with Crippen molar-refractivity contribution in [1.29, 1.82) is 0 Å². The molecule has 0 aromatic heterocycles. The molecule has 0 unspecified atom stereocenters. The van der Waals surface area contributed by atoms with Crippen LogP contribution < -0.4 is 0 Å². The van der Waals surface area contributed by atoms with E-state index in [1.807, 2.05) is 25.9 Å². The monoisotopic (exact) mass is 329 g/mol. The molecular formula is C15H23NO5S. The van der Waals surface area contributed by atoms with E-state index >= 15 is 0 Å². The highest BCUT2D eigenvalue weighted by molar-refractivity contribution is 7.85. The smallest absolute Gasteiger partial charge is 0.330 e. The number of hydrogen-bond acceptors (Lipinski definition) is 4. The summed E-state index contributed by atoms with van der Waals surface area (Å²) in [5.74, 6) is -0.885. The second kappa shape index (κ2) is 9.34. The van der Waals surface area contributed by atoms with E-state index < -0.39 is 16.1 Å². The van der Waals surface area contributed by atoms with Crippen LogP contribution in [0.4, 0.5) is 0 Å². The molecule has 124 valence electrons. The van der Waals surface area contributed by atoms with E-state index in [0.717, 1.165) is 18.5 Å². The van der Waals surface area contributed by atoms with Gasteiger partial charge in [0.25, 0.3) is 10.1 Å². The standard InChI is InChI=1S/C8H15NO2.C7H8O3S/c1-7(8(10)11)5-4-6-9(2)3;1-6-2-4-7(5-3-6)11(8,9)10/h1,4-6H2,2-3H3,(H,10,11);2-5H,1H3,(H,8,9,10). The fraction of sp³-hybridized carbons (Fsp3) is 0.400. The quantitative estimate of drug-likeness (QED) is 0.614. The van der Waals surface area contributed by atoms with Crippen molar-refractivity contribution in [3.05, 3.63) is 42.0 Å². The Hall–Kier alpha value is -1.70. The number of nitrogens with zero attached hydrogens (tertiary/aromatic N) is 1. The largest absolute Gasteiger partial charge is 0.478 e. The first-order valence-corrected chi connectivity index (χ1v) is 8.08. The summed E-state index contributed by atoms with van der Waals surface area (Å²) < 4.78 is 29.6. The fourth-order valence-electron chi connectivity index (χ4n) is 1.43. The molecule has 0 spiro atoms. The molecule has 22 heavy (non-hydrogen) atoms. The van der Waals surface area contributed by atoms with Crippen molar-refractivity contribution in [3.8, 4) is 0 Å². The van der Waals surface area contributed by atoms with Gasteiger partial charge in [-0.05, 0) is 52.5 Å². The molecule has 0 saturated heterocycles.